The van der Waals surface area contributed by atoms with Gasteiger partial charge in [-0.2, -0.15) is 0 Å². The number of para-hydroxylation sites is 1. The molecule has 2 unspecified atom stereocenters. The Kier molecular flexibility index (Phi) is 7.04. The van der Waals surface area contributed by atoms with Crippen LogP contribution in [0, 0.1) is 11.8 Å². The number of fused-ring (bicyclic) bond motifs is 1. The van der Waals surface area contributed by atoms with Gasteiger partial charge in [0.25, 0.3) is 5.91 Å². The smallest absolute Gasteiger partial charge is 0.251 e. The van der Waals surface area contributed by atoms with E-state index in [0.717, 1.165) is 12.2 Å². The Labute approximate surface area is 185 Å². The Morgan fingerprint density at radius 1 is 1.06 bits per heavy atom. The molecule has 2 atom stereocenters. The molecule has 0 radical (unpaired) electrons. The number of benzene rings is 2. The molecule has 5 heteroatoms. The van der Waals surface area contributed by atoms with Crippen LogP contribution in [0.4, 0.5) is 0 Å². The van der Waals surface area contributed by atoms with E-state index in [9.17, 15) is 9.59 Å². The van der Waals surface area contributed by atoms with E-state index in [1.807, 2.05) is 56.3 Å². The van der Waals surface area contributed by atoms with Crippen molar-refractivity contribution in [2.45, 2.75) is 52.5 Å². The van der Waals surface area contributed by atoms with E-state index >= 15 is 0 Å². The van der Waals surface area contributed by atoms with Crippen molar-refractivity contribution in [1.82, 2.24) is 10.6 Å². The third-order valence-electron chi connectivity index (χ3n) is 5.77. The number of hydrogen-bond donors (Lipinski definition) is 2. The van der Waals surface area contributed by atoms with Crippen LogP contribution < -0.4 is 15.4 Å². The van der Waals surface area contributed by atoms with E-state index in [-0.39, 0.29) is 29.1 Å². The molecule has 2 N–H and O–H groups in total. The molecule has 5 nitrogen and oxygen atoms in total. The third-order valence-corrected chi connectivity index (χ3v) is 5.77. The fraction of sp³-hybridized carbons (Fsp3) is 0.462. The predicted octanol–water partition coefficient (Wildman–Crippen LogP) is 4.11. The van der Waals surface area contributed by atoms with Gasteiger partial charge in [-0.05, 0) is 47.1 Å². The van der Waals surface area contributed by atoms with Crippen molar-refractivity contribution in [3.8, 4) is 5.75 Å². The zero-order valence-corrected chi connectivity index (χ0v) is 19.2. The van der Waals surface area contributed by atoms with Crippen LogP contribution >= 0.6 is 0 Å². The molecule has 0 fully saturated rings. The molecule has 2 aromatic carbocycles. The highest BCUT2D eigenvalue weighted by atomic mass is 16.5. The predicted molar refractivity (Wildman–Crippen MR) is 123 cm³/mol. The first-order chi connectivity index (χ1) is 14.6. The molecule has 31 heavy (non-hydrogen) atoms. The second kappa shape index (κ2) is 9.54. The van der Waals surface area contributed by atoms with E-state index in [1.54, 1.807) is 0 Å². The Morgan fingerprint density at radius 3 is 2.39 bits per heavy atom. The fourth-order valence-electron chi connectivity index (χ4n) is 3.76. The van der Waals surface area contributed by atoms with E-state index in [1.165, 1.54) is 11.1 Å². The van der Waals surface area contributed by atoms with Gasteiger partial charge in [-0.1, -0.05) is 65.0 Å². The lowest BCUT2D eigenvalue weighted by Crippen LogP contribution is -2.51. The summed E-state index contributed by atoms with van der Waals surface area (Å²) in [6.45, 7) is 11.4. The van der Waals surface area contributed by atoms with E-state index in [0.29, 0.717) is 18.7 Å². The van der Waals surface area contributed by atoms with Gasteiger partial charge in [0.15, 0.2) is 0 Å². The van der Waals surface area contributed by atoms with Crippen LogP contribution in [-0.2, 0) is 16.6 Å². The highest BCUT2D eigenvalue weighted by Crippen LogP contribution is 2.26. The minimum atomic E-state index is -0.591. The van der Waals surface area contributed by atoms with Crippen molar-refractivity contribution < 1.29 is 14.3 Å². The number of amides is 2. The van der Waals surface area contributed by atoms with Gasteiger partial charge in [-0.3, -0.25) is 9.59 Å². The molecular formula is C26H34N2O3. The molecule has 0 bridgehead atoms. The van der Waals surface area contributed by atoms with Crippen LogP contribution in [0.2, 0.25) is 0 Å². The molecule has 0 saturated heterocycles. The van der Waals surface area contributed by atoms with Crippen LogP contribution in [0.3, 0.4) is 0 Å². The molecule has 1 aliphatic heterocycles. The van der Waals surface area contributed by atoms with Crippen LogP contribution in [0.5, 0.6) is 5.75 Å². The van der Waals surface area contributed by atoms with Crippen LogP contribution in [0.1, 0.15) is 56.1 Å². The van der Waals surface area contributed by atoms with Crippen molar-refractivity contribution in [2.75, 3.05) is 13.2 Å². The Bertz CT molecular complexity index is 913. The van der Waals surface area contributed by atoms with E-state index in [4.69, 9.17) is 4.74 Å². The summed E-state index contributed by atoms with van der Waals surface area (Å²) < 4.78 is 5.81. The molecular weight excluding hydrogens is 388 g/mol. The molecule has 1 aliphatic rings. The summed E-state index contributed by atoms with van der Waals surface area (Å²) in [6.07, 6.45) is 0.870. The number of carbonyl (C=O) groups is 2. The standard InChI is InChI=1S/C26H34N2O3/c1-17(2)23(28-24(29)19-10-12-21(13-11-19)26(3,4)5)25(30)27-15-18-14-20-8-6-7-9-22(20)31-16-18/h6-13,17-18,23H,14-16H2,1-5H3,(H,27,30)(H,28,29). The summed E-state index contributed by atoms with van der Waals surface area (Å²) in [4.78, 5) is 25.6. The van der Waals surface area contributed by atoms with Crippen LogP contribution in [0.25, 0.3) is 0 Å². The summed E-state index contributed by atoms with van der Waals surface area (Å²) in [5.41, 5.74) is 2.92. The largest absolute Gasteiger partial charge is 0.493 e. The normalized spacial score (nSPS) is 16.8. The lowest BCUT2D eigenvalue weighted by molar-refractivity contribution is -0.124. The zero-order chi connectivity index (χ0) is 22.6. The van der Waals surface area contributed by atoms with Crippen molar-refractivity contribution in [3.63, 3.8) is 0 Å². The maximum Gasteiger partial charge on any atom is 0.251 e. The Hall–Kier alpha value is -2.82. The van der Waals surface area contributed by atoms with Crippen molar-refractivity contribution in [2.24, 2.45) is 11.8 Å². The highest BCUT2D eigenvalue weighted by Gasteiger charge is 2.27. The van der Waals surface area contributed by atoms with Gasteiger partial charge >= 0.3 is 0 Å². The molecule has 1 heterocycles. The molecule has 3 rings (SSSR count). The second-order valence-electron chi connectivity index (χ2n) is 9.76. The lowest BCUT2D eigenvalue weighted by Gasteiger charge is -2.27. The van der Waals surface area contributed by atoms with Crippen LogP contribution in [-0.4, -0.2) is 31.0 Å². The zero-order valence-electron chi connectivity index (χ0n) is 19.2. The molecule has 0 aromatic heterocycles. The maximum absolute atomic E-state index is 12.9. The average molecular weight is 423 g/mol. The van der Waals surface area contributed by atoms with Gasteiger partial charge in [0.1, 0.15) is 11.8 Å². The van der Waals surface area contributed by atoms with E-state index in [2.05, 4.69) is 37.5 Å². The minimum absolute atomic E-state index is 0.0265. The van der Waals surface area contributed by atoms with Crippen molar-refractivity contribution in [1.29, 1.82) is 0 Å². The SMILES string of the molecule is CC(C)C(NC(=O)c1ccc(C(C)(C)C)cc1)C(=O)NCC1COc2ccccc2C1. The first-order valence-electron chi connectivity index (χ1n) is 11.0. The number of carbonyl (C=O) groups excluding carboxylic acids is 2. The second-order valence-corrected chi connectivity index (χ2v) is 9.76. The quantitative estimate of drug-likeness (QED) is 0.736. The monoisotopic (exact) mass is 422 g/mol. The van der Waals surface area contributed by atoms with Crippen LogP contribution in [0.15, 0.2) is 48.5 Å². The first-order valence-corrected chi connectivity index (χ1v) is 11.0. The summed E-state index contributed by atoms with van der Waals surface area (Å²) in [7, 11) is 0. The average Bonchev–Trinajstić information content (AvgIpc) is 2.74. The van der Waals surface area contributed by atoms with Crippen molar-refractivity contribution in [3.05, 3.63) is 65.2 Å². The summed E-state index contributed by atoms with van der Waals surface area (Å²) >= 11 is 0. The lowest BCUT2D eigenvalue weighted by atomic mass is 9.86. The molecule has 0 saturated carbocycles. The van der Waals surface area contributed by atoms with Gasteiger partial charge < -0.3 is 15.4 Å². The summed E-state index contributed by atoms with van der Waals surface area (Å²) in [5, 5.41) is 5.93. The minimum Gasteiger partial charge on any atom is -0.493 e. The number of ether oxygens (including phenoxy) is 1. The molecule has 0 aliphatic carbocycles. The molecule has 0 spiro atoms. The van der Waals surface area contributed by atoms with Crippen molar-refractivity contribution >= 4 is 11.8 Å². The highest BCUT2D eigenvalue weighted by molar-refractivity contribution is 5.97. The van der Waals surface area contributed by atoms with Gasteiger partial charge in [-0.15, -0.1) is 0 Å². The van der Waals surface area contributed by atoms with Gasteiger partial charge in [0.2, 0.25) is 5.91 Å². The maximum atomic E-state index is 12.9. The molecule has 2 aromatic rings. The molecule has 166 valence electrons. The van der Waals surface area contributed by atoms with Gasteiger partial charge in [0.05, 0.1) is 6.61 Å². The van der Waals surface area contributed by atoms with Gasteiger partial charge in [0, 0.05) is 18.0 Å². The number of rotatable bonds is 6. The van der Waals surface area contributed by atoms with E-state index < -0.39 is 6.04 Å². The topological polar surface area (TPSA) is 67.4 Å². The first kappa shape index (κ1) is 22.9. The third kappa shape index (κ3) is 5.87. The summed E-state index contributed by atoms with van der Waals surface area (Å²) in [5.74, 6) is 0.723. The Balaban J connectivity index is 1.57. The molecule has 2 amide bonds. The van der Waals surface area contributed by atoms with Gasteiger partial charge in [-0.25, -0.2) is 0 Å². The number of nitrogens with one attached hydrogen (secondary N) is 2. The number of hydrogen-bond acceptors (Lipinski definition) is 3. The fourth-order valence-corrected chi connectivity index (χ4v) is 3.76. The summed E-state index contributed by atoms with van der Waals surface area (Å²) in [6, 6.07) is 15.0. The Morgan fingerprint density at radius 2 is 1.74 bits per heavy atom.